The van der Waals surface area contributed by atoms with Crippen molar-refractivity contribution in [1.82, 2.24) is 4.72 Å². The number of halogens is 1. The summed E-state index contributed by atoms with van der Waals surface area (Å²) in [4.78, 5) is 0.00496. The number of nitrogens with one attached hydrogen (secondary N) is 1. The van der Waals surface area contributed by atoms with Crippen molar-refractivity contribution in [3.8, 4) is 17.2 Å². The van der Waals surface area contributed by atoms with Gasteiger partial charge in [-0.1, -0.05) is 6.07 Å². The third-order valence-corrected chi connectivity index (χ3v) is 4.92. The van der Waals surface area contributed by atoms with Gasteiger partial charge in [0.05, 0.1) is 19.1 Å². The minimum Gasteiger partial charge on any atom is -0.493 e. The molecule has 0 aliphatic rings. The van der Waals surface area contributed by atoms with E-state index in [4.69, 9.17) is 14.2 Å². The largest absolute Gasteiger partial charge is 0.493 e. The summed E-state index contributed by atoms with van der Waals surface area (Å²) in [5, 5.41) is 0. The Hall–Kier alpha value is -2.32. The molecule has 0 aliphatic carbocycles. The fraction of sp³-hybridized carbons (Fsp3) is 0.294. The van der Waals surface area contributed by atoms with Crippen LogP contribution in [-0.4, -0.2) is 35.8 Å². The van der Waals surface area contributed by atoms with Crippen molar-refractivity contribution in [1.29, 1.82) is 0 Å². The number of hydrogen-bond acceptors (Lipinski definition) is 5. The fourth-order valence-electron chi connectivity index (χ4n) is 2.18. The number of methoxy groups -OCH3 is 2. The van der Waals surface area contributed by atoms with Crippen LogP contribution in [0.3, 0.4) is 0 Å². The molecule has 0 radical (unpaired) electrons. The van der Waals surface area contributed by atoms with Crippen LogP contribution in [0.25, 0.3) is 0 Å². The average molecular weight is 369 g/mol. The minimum atomic E-state index is -3.74. The summed E-state index contributed by atoms with van der Waals surface area (Å²) in [6.45, 7) is 1.63. The van der Waals surface area contributed by atoms with Crippen molar-refractivity contribution in [3.63, 3.8) is 0 Å². The molecule has 6 nitrogen and oxygen atoms in total. The van der Waals surface area contributed by atoms with Gasteiger partial charge in [-0.25, -0.2) is 17.5 Å². The number of hydrogen-bond donors (Lipinski definition) is 1. The van der Waals surface area contributed by atoms with Gasteiger partial charge in [0.2, 0.25) is 15.8 Å². The lowest BCUT2D eigenvalue weighted by Crippen LogP contribution is -2.28. The average Bonchev–Trinajstić information content (AvgIpc) is 2.60. The van der Waals surface area contributed by atoms with Crippen molar-refractivity contribution >= 4 is 10.0 Å². The molecule has 0 saturated carbocycles. The maximum Gasteiger partial charge on any atom is 0.240 e. The van der Waals surface area contributed by atoms with E-state index in [1.165, 1.54) is 33.3 Å². The van der Waals surface area contributed by atoms with Gasteiger partial charge in [-0.05, 0) is 42.8 Å². The highest BCUT2D eigenvalue weighted by molar-refractivity contribution is 7.89. The molecule has 2 aromatic rings. The summed E-state index contributed by atoms with van der Waals surface area (Å²) in [7, 11) is -0.730. The molecule has 8 heteroatoms. The molecule has 0 saturated heterocycles. The highest BCUT2D eigenvalue weighted by Gasteiger charge is 2.15. The highest BCUT2D eigenvalue weighted by atomic mass is 32.2. The molecule has 0 fully saturated rings. The van der Waals surface area contributed by atoms with Gasteiger partial charge >= 0.3 is 0 Å². The number of benzene rings is 2. The first-order chi connectivity index (χ1) is 11.9. The number of sulfonamides is 1. The molecule has 136 valence electrons. The second-order valence-corrected chi connectivity index (χ2v) is 6.92. The smallest absolute Gasteiger partial charge is 0.240 e. The predicted molar refractivity (Wildman–Crippen MR) is 91.4 cm³/mol. The van der Waals surface area contributed by atoms with E-state index in [1.807, 2.05) is 0 Å². The molecule has 1 N–H and O–H groups in total. The first-order valence-corrected chi connectivity index (χ1v) is 8.97. The Morgan fingerprint density at radius 3 is 2.44 bits per heavy atom. The molecular formula is C17H20FNO5S. The topological polar surface area (TPSA) is 73.9 Å². The van der Waals surface area contributed by atoms with Gasteiger partial charge in [0.1, 0.15) is 12.4 Å². The van der Waals surface area contributed by atoms with E-state index in [0.717, 1.165) is 6.07 Å². The maximum atomic E-state index is 13.3. The van der Waals surface area contributed by atoms with Crippen LogP contribution in [0.15, 0.2) is 41.3 Å². The SMILES string of the molecule is COc1cccc(OCCNS(=O)(=O)c2ccc(F)c(C)c2)c1OC. The number of para-hydroxylation sites is 1. The second-order valence-electron chi connectivity index (χ2n) is 5.15. The predicted octanol–water partition coefficient (Wildman–Crippen LogP) is 2.51. The van der Waals surface area contributed by atoms with Gasteiger partial charge in [0, 0.05) is 6.54 Å². The van der Waals surface area contributed by atoms with E-state index in [9.17, 15) is 12.8 Å². The zero-order valence-corrected chi connectivity index (χ0v) is 15.0. The zero-order chi connectivity index (χ0) is 18.4. The standard InChI is InChI=1S/C17H20FNO5S/c1-12-11-13(7-8-14(12)18)25(20,21)19-9-10-24-16-6-4-5-15(22-2)17(16)23-3/h4-8,11,19H,9-10H2,1-3H3. The lowest BCUT2D eigenvalue weighted by atomic mass is 10.2. The van der Waals surface area contributed by atoms with Gasteiger partial charge < -0.3 is 14.2 Å². The van der Waals surface area contributed by atoms with Gasteiger partial charge in [-0.2, -0.15) is 0 Å². The molecule has 0 atom stereocenters. The molecule has 0 heterocycles. The molecule has 0 aromatic heterocycles. The summed E-state index contributed by atoms with van der Waals surface area (Å²) in [6.07, 6.45) is 0. The monoisotopic (exact) mass is 369 g/mol. The van der Waals surface area contributed by atoms with Crippen molar-refractivity contribution < 1.29 is 27.0 Å². The molecule has 0 bridgehead atoms. The highest BCUT2D eigenvalue weighted by Crippen LogP contribution is 2.36. The minimum absolute atomic E-state index is 0.00496. The van der Waals surface area contributed by atoms with E-state index >= 15 is 0 Å². The van der Waals surface area contributed by atoms with Crippen molar-refractivity contribution in [2.45, 2.75) is 11.8 Å². The van der Waals surface area contributed by atoms with E-state index in [0.29, 0.717) is 17.2 Å². The van der Waals surface area contributed by atoms with Crippen LogP contribution in [0, 0.1) is 12.7 Å². The summed E-state index contributed by atoms with van der Waals surface area (Å²) in [5.74, 6) is 0.940. The van der Waals surface area contributed by atoms with E-state index in [2.05, 4.69) is 4.72 Å². The molecular weight excluding hydrogens is 349 g/mol. The Morgan fingerprint density at radius 1 is 1.08 bits per heavy atom. The van der Waals surface area contributed by atoms with Crippen LogP contribution >= 0.6 is 0 Å². The van der Waals surface area contributed by atoms with Gasteiger partial charge in [0.15, 0.2) is 11.5 Å². The molecule has 2 rings (SSSR count). The van der Waals surface area contributed by atoms with Crippen molar-refractivity contribution in [3.05, 3.63) is 47.8 Å². The zero-order valence-electron chi connectivity index (χ0n) is 14.2. The molecule has 0 spiro atoms. The Bertz CT molecular complexity index is 839. The molecule has 0 unspecified atom stereocenters. The normalized spacial score (nSPS) is 11.2. The Labute approximate surface area is 146 Å². The van der Waals surface area contributed by atoms with Crippen molar-refractivity contribution in [2.75, 3.05) is 27.4 Å². The maximum absolute atomic E-state index is 13.3. The van der Waals surface area contributed by atoms with Gasteiger partial charge in [0.25, 0.3) is 0 Å². The second kappa shape index (κ2) is 8.17. The Balaban J connectivity index is 1.98. The Morgan fingerprint density at radius 2 is 1.80 bits per heavy atom. The Kier molecular flexibility index (Phi) is 6.22. The third-order valence-electron chi connectivity index (χ3n) is 3.46. The lowest BCUT2D eigenvalue weighted by molar-refractivity contribution is 0.287. The van der Waals surface area contributed by atoms with Gasteiger partial charge in [-0.3, -0.25) is 0 Å². The number of aryl methyl sites for hydroxylation is 1. The van der Waals surface area contributed by atoms with Crippen LogP contribution in [0.5, 0.6) is 17.2 Å². The van der Waals surface area contributed by atoms with Crippen LogP contribution in [-0.2, 0) is 10.0 Å². The van der Waals surface area contributed by atoms with Crippen LogP contribution in [0.2, 0.25) is 0 Å². The molecule has 25 heavy (non-hydrogen) atoms. The summed E-state index contributed by atoms with van der Waals surface area (Å²) in [5.41, 5.74) is 0.264. The van der Waals surface area contributed by atoms with Crippen LogP contribution in [0.4, 0.5) is 4.39 Å². The first-order valence-electron chi connectivity index (χ1n) is 7.48. The van der Waals surface area contributed by atoms with Gasteiger partial charge in [-0.15, -0.1) is 0 Å². The van der Waals surface area contributed by atoms with Crippen LogP contribution < -0.4 is 18.9 Å². The quantitative estimate of drug-likeness (QED) is 0.724. The van der Waals surface area contributed by atoms with E-state index in [1.54, 1.807) is 18.2 Å². The van der Waals surface area contributed by atoms with Crippen LogP contribution in [0.1, 0.15) is 5.56 Å². The van der Waals surface area contributed by atoms with E-state index < -0.39 is 15.8 Å². The summed E-state index contributed by atoms with van der Waals surface area (Å²) in [6, 6.07) is 8.79. The number of ether oxygens (including phenoxy) is 3. The van der Waals surface area contributed by atoms with E-state index in [-0.39, 0.29) is 23.6 Å². The fourth-order valence-corrected chi connectivity index (χ4v) is 3.27. The third kappa shape index (κ3) is 4.61. The summed E-state index contributed by atoms with van der Waals surface area (Å²) < 4.78 is 56.0. The molecule has 0 aliphatic heterocycles. The number of rotatable bonds is 8. The molecule has 0 amide bonds. The first kappa shape index (κ1) is 19.0. The van der Waals surface area contributed by atoms with Crippen molar-refractivity contribution in [2.24, 2.45) is 0 Å². The molecule has 2 aromatic carbocycles. The lowest BCUT2D eigenvalue weighted by Gasteiger charge is -2.14. The summed E-state index contributed by atoms with van der Waals surface area (Å²) >= 11 is 0.